The van der Waals surface area contributed by atoms with Gasteiger partial charge in [-0.1, -0.05) is 24.3 Å². The summed E-state index contributed by atoms with van der Waals surface area (Å²) in [6.45, 7) is 3.23. The summed E-state index contributed by atoms with van der Waals surface area (Å²) in [5.41, 5.74) is 3.37. The van der Waals surface area contributed by atoms with Gasteiger partial charge in [0.05, 0.1) is 0 Å². The standard InChI is InChI=1S/C20H23N3O2/c1-15-5-2-3-6-17(15)8-9-19(24)22-14-16-10-11-21-18(13-16)23-12-4-7-20(23)25/h2-3,5-6,10-11,13H,4,7-9,12,14H2,1H3,(H,22,24). The largest absolute Gasteiger partial charge is 0.352 e. The molecule has 1 aliphatic heterocycles. The average Bonchev–Trinajstić information content (AvgIpc) is 3.05. The lowest BCUT2D eigenvalue weighted by Crippen LogP contribution is -2.26. The van der Waals surface area contributed by atoms with E-state index in [4.69, 9.17) is 0 Å². The van der Waals surface area contributed by atoms with Gasteiger partial charge in [-0.05, 0) is 48.6 Å². The van der Waals surface area contributed by atoms with E-state index in [-0.39, 0.29) is 11.8 Å². The van der Waals surface area contributed by atoms with Crippen LogP contribution in [-0.2, 0) is 22.6 Å². The summed E-state index contributed by atoms with van der Waals surface area (Å²) < 4.78 is 0. The van der Waals surface area contributed by atoms with Crippen molar-refractivity contribution >= 4 is 17.6 Å². The van der Waals surface area contributed by atoms with E-state index in [0.29, 0.717) is 25.2 Å². The van der Waals surface area contributed by atoms with E-state index in [9.17, 15) is 9.59 Å². The van der Waals surface area contributed by atoms with Gasteiger partial charge in [-0.2, -0.15) is 0 Å². The van der Waals surface area contributed by atoms with E-state index in [0.717, 1.165) is 24.9 Å². The zero-order valence-electron chi connectivity index (χ0n) is 14.5. The lowest BCUT2D eigenvalue weighted by Gasteiger charge is -2.15. The summed E-state index contributed by atoms with van der Waals surface area (Å²) in [6.07, 6.45) is 4.35. The molecule has 1 aromatic carbocycles. The van der Waals surface area contributed by atoms with Crippen LogP contribution in [0.25, 0.3) is 0 Å². The van der Waals surface area contributed by atoms with Gasteiger partial charge < -0.3 is 5.32 Å². The summed E-state index contributed by atoms with van der Waals surface area (Å²) in [4.78, 5) is 29.9. The highest BCUT2D eigenvalue weighted by Gasteiger charge is 2.22. The Balaban J connectivity index is 1.52. The fourth-order valence-electron chi connectivity index (χ4n) is 3.04. The van der Waals surface area contributed by atoms with Crippen molar-refractivity contribution in [2.75, 3.05) is 11.4 Å². The minimum Gasteiger partial charge on any atom is -0.352 e. The third-order valence-electron chi connectivity index (χ3n) is 4.53. The van der Waals surface area contributed by atoms with Crippen molar-refractivity contribution in [3.63, 3.8) is 0 Å². The highest BCUT2D eigenvalue weighted by Crippen LogP contribution is 2.19. The van der Waals surface area contributed by atoms with Crippen molar-refractivity contribution < 1.29 is 9.59 Å². The van der Waals surface area contributed by atoms with Crippen molar-refractivity contribution in [3.05, 3.63) is 59.3 Å². The highest BCUT2D eigenvalue weighted by molar-refractivity contribution is 5.94. The van der Waals surface area contributed by atoms with E-state index in [2.05, 4.69) is 29.4 Å². The van der Waals surface area contributed by atoms with Gasteiger partial charge in [0.25, 0.3) is 0 Å². The Kier molecular flexibility index (Phi) is 5.43. The Morgan fingerprint density at radius 2 is 2.12 bits per heavy atom. The average molecular weight is 337 g/mol. The first kappa shape index (κ1) is 17.1. The highest BCUT2D eigenvalue weighted by atomic mass is 16.2. The number of nitrogens with zero attached hydrogens (tertiary/aromatic N) is 2. The molecular weight excluding hydrogens is 314 g/mol. The smallest absolute Gasteiger partial charge is 0.228 e. The first-order valence-corrected chi connectivity index (χ1v) is 8.70. The summed E-state index contributed by atoms with van der Waals surface area (Å²) in [6, 6.07) is 11.9. The van der Waals surface area contributed by atoms with Crippen LogP contribution < -0.4 is 10.2 Å². The van der Waals surface area contributed by atoms with Crippen LogP contribution in [0.2, 0.25) is 0 Å². The quantitative estimate of drug-likeness (QED) is 0.882. The third kappa shape index (κ3) is 4.44. The lowest BCUT2D eigenvalue weighted by molar-refractivity contribution is -0.121. The molecule has 2 aromatic rings. The normalized spacial score (nSPS) is 14.0. The molecule has 130 valence electrons. The number of hydrogen-bond acceptors (Lipinski definition) is 3. The summed E-state index contributed by atoms with van der Waals surface area (Å²) in [5.74, 6) is 0.819. The number of amides is 2. The molecule has 1 fully saturated rings. The second-order valence-corrected chi connectivity index (χ2v) is 6.37. The number of anilines is 1. The van der Waals surface area contributed by atoms with E-state index >= 15 is 0 Å². The number of benzene rings is 1. The number of aryl methyl sites for hydroxylation is 2. The summed E-state index contributed by atoms with van der Waals surface area (Å²) in [7, 11) is 0. The van der Waals surface area contributed by atoms with Crippen molar-refractivity contribution in [2.45, 2.75) is 39.2 Å². The predicted molar refractivity (Wildman–Crippen MR) is 97.2 cm³/mol. The van der Waals surface area contributed by atoms with Gasteiger partial charge in [0, 0.05) is 32.1 Å². The van der Waals surface area contributed by atoms with Gasteiger partial charge in [-0.15, -0.1) is 0 Å². The van der Waals surface area contributed by atoms with Crippen LogP contribution in [-0.4, -0.2) is 23.3 Å². The number of carbonyl (C=O) groups is 2. The van der Waals surface area contributed by atoms with Crippen LogP contribution in [0.4, 0.5) is 5.82 Å². The minimum absolute atomic E-state index is 0.0267. The lowest BCUT2D eigenvalue weighted by atomic mass is 10.0. The maximum absolute atomic E-state index is 12.1. The van der Waals surface area contributed by atoms with Gasteiger partial charge >= 0.3 is 0 Å². The van der Waals surface area contributed by atoms with Crippen molar-refractivity contribution in [1.82, 2.24) is 10.3 Å². The van der Waals surface area contributed by atoms with Crippen LogP contribution in [0, 0.1) is 6.92 Å². The first-order chi connectivity index (χ1) is 12.1. The van der Waals surface area contributed by atoms with Crippen molar-refractivity contribution in [1.29, 1.82) is 0 Å². The van der Waals surface area contributed by atoms with E-state index in [1.807, 2.05) is 24.3 Å². The molecule has 0 saturated carbocycles. The SMILES string of the molecule is Cc1ccccc1CCC(=O)NCc1ccnc(N2CCCC2=O)c1. The molecule has 25 heavy (non-hydrogen) atoms. The third-order valence-corrected chi connectivity index (χ3v) is 4.53. The Hall–Kier alpha value is -2.69. The van der Waals surface area contributed by atoms with E-state index < -0.39 is 0 Å². The molecular formula is C20H23N3O2. The number of aromatic nitrogens is 1. The van der Waals surface area contributed by atoms with E-state index in [1.54, 1.807) is 11.1 Å². The molecule has 1 saturated heterocycles. The number of nitrogens with one attached hydrogen (secondary N) is 1. The monoisotopic (exact) mass is 337 g/mol. The second kappa shape index (κ2) is 7.92. The molecule has 0 atom stereocenters. The molecule has 0 spiro atoms. The minimum atomic E-state index is 0.0267. The molecule has 0 aliphatic carbocycles. The summed E-state index contributed by atoms with van der Waals surface area (Å²) in [5, 5.41) is 2.95. The molecule has 2 amide bonds. The van der Waals surface area contributed by atoms with Crippen molar-refractivity contribution in [3.8, 4) is 0 Å². The fourth-order valence-corrected chi connectivity index (χ4v) is 3.04. The van der Waals surface area contributed by atoms with E-state index in [1.165, 1.54) is 11.1 Å². The Morgan fingerprint density at radius 3 is 2.88 bits per heavy atom. The molecule has 0 bridgehead atoms. The Morgan fingerprint density at radius 1 is 1.28 bits per heavy atom. The molecule has 1 aliphatic rings. The van der Waals surface area contributed by atoms with Gasteiger partial charge in [0.1, 0.15) is 5.82 Å². The second-order valence-electron chi connectivity index (χ2n) is 6.37. The maximum atomic E-state index is 12.1. The van der Waals surface area contributed by atoms with Crippen LogP contribution in [0.15, 0.2) is 42.6 Å². The predicted octanol–water partition coefficient (Wildman–Crippen LogP) is 2.77. The molecule has 1 aromatic heterocycles. The van der Waals surface area contributed by atoms with Gasteiger partial charge in [0.2, 0.25) is 11.8 Å². The molecule has 3 rings (SSSR count). The Bertz CT molecular complexity index is 773. The van der Waals surface area contributed by atoms with Gasteiger partial charge in [0.15, 0.2) is 0 Å². The fraction of sp³-hybridized carbons (Fsp3) is 0.350. The molecule has 5 heteroatoms. The van der Waals surface area contributed by atoms with Crippen LogP contribution in [0.5, 0.6) is 0 Å². The first-order valence-electron chi connectivity index (χ1n) is 8.70. The topological polar surface area (TPSA) is 62.3 Å². The molecule has 0 radical (unpaired) electrons. The maximum Gasteiger partial charge on any atom is 0.228 e. The number of pyridine rings is 1. The number of rotatable bonds is 6. The molecule has 1 N–H and O–H groups in total. The van der Waals surface area contributed by atoms with Gasteiger partial charge in [-0.25, -0.2) is 4.98 Å². The zero-order valence-corrected chi connectivity index (χ0v) is 14.5. The number of hydrogen-bond donors (Lipinski definition) is 1. The number of carbonyl (C=O) groups excluding carboxylic acids is 2. The molecule has 5 nitrogen and oxygen atoms in total. The van der Waals surface area contributed by atoms with Crippen LogP contribution in [0.3, 0.4) is 0 Å². The van der Waals surface area contributed by atoms with Crippen LogP contribution in [0.1, 0.15) is 36.0 Å². The van der Waals surface area contributed by atoms with Gasteiger partial charge in [-0.3, -0.25) is 14.5 Å². The molecule has 2 heterocycles. The zero-order chi connectivity index (χ0) is 17.6. The van der Waals surface area contributed by atoms with Crippen LogP contribution >= 0.6 is 0 Å². The summed E-state index contributed by atoms with van der Waals surface area (Å²) >= 11 is 0. The Labute approximate surface area is 148 Å². The molecule has 0 unspecified atom stereocenters. The van der Waals surface area contributed by atoms with Crippen molar-refractivity contribution in [2.24, 2.45) is 0 Å².